The lowest BCUT2D eigenvalue weighted by molar-refractivity contribution is -0.114. The first-order valence-electron chi connectivity index (χ1n) is 8.31. The summed E-state index contributed by atoms with van der Waals surface area (Å²) in [6.07, 6.45) is 0.826. The molecule has 1 atom stereocenters. The SMILES string of the molecule is CC(=O)Nc1ccc(S(=O)(=O)N2CCC(c3ccccc3)C2)c(C)c1. The third-order valence-electron chi connectivity index (χ3n) is 4.54. The maximum atomic E-state index is 13.0. The molecule has 1 fully saturated rings. The predicted octanol–water partition coefficient (Wildman–Crippen LogP) is 3.13. The topological polar surface area (TPSA) is 66.5 Å². The van der Waals surface area contributed by atoms with Crippen molar-refractivity contribution in [1.82, 2.24) is 4.31 Å². The number of carbonyl (C=O) groups excluding carboxylic acids is 1. The van der Waals surface area contributed by atoms with Crippen LogP contribution in [0, 0.1) is 6.92 Å². The number of carbonyl (C=O) groups is 1. The average Bonchev–Trinajstić information content (AvgIpc) is 3.06. The Morgan fingerprint density at radius 2 is 1.88 bits per heavy atom. The molecule has 3 rings (SSSR count). The van der Waals surface area contributed by atoms with Crippen LogP contribution in [0.2, 0.25) is 0 Å². The van der Waals surface area contributed by atoms with E-state index in [9.17, 15) is 13.2 Å². The van der Waals surface area contributed by atoms with E-state index in [1.54, 1.807) is 29.4 Å². The molecule has 132 valence electrons. The summed E-state index contributed by atoms with van der Waals surface area (Å²) in [6.45, 7) is 4.20. The van der Waals surface area contributed by atoms with Gasteiger partial charge in [-0.15, -0.1) is 0 Å². The number of hydrogen-bond donors (Lipinski definition) is 1. The smallest absolute Gasteiger partial charge is 0.243 e. The second-order valence-corrected chi connectivity index (χ2v) is 8.33. The molecule has 1 N–H and O–H groups in total. The van der Waals surface area contributed by atoms with E-state index in [-0.39, 0.29) is 11.8 Å². The fraction of sp³-hybridized carbons (Fsp3) is 0.316. The molecule has 2 aromatic rings. The van der Waals surface area contributed by atoms with Crippen LogP contribution < -0.4 is 5.32 Å². The number of hydrogen-bond acceptors (Lipinski definition) is 3. The Morgan fingerprint density at radius 1 is 1.16 bits per heavy atom. The molecule has 0 saturated carbocycles. The molecule has 0 bridgehead atoms. The maximum absolute atomic E-state index is 13.0. The van der Waals surface area contributed by atoms with Crippen molar-refractivity contribution in [2.24, 2.45) is 0 Å². The van der Waals surface area contributed by atoms with Gasteiger partial charge in [0.25, 0.3) is 0 Å². The quantitative estimate of drug-likeness (QED) is 0.913. The van der Waals surface area contributed by atoms with Crippen molar-refractivity contribution in [3.05, 3.63) is 59.7 Å². The standard InChI is InChI=1S/C19H22N2O3S/c1-14-12-18(20-15(2)22)8-9-19(14)25(23,24)21-11-10-17(13-21)16-6-4-3-5-7-16/h3-9,12,17H,10-11,13H2,1-2H3,(H,20,22). The van der Waals surface area contributed by atoms with Gasteiger partial charge in [0.2, 0.25) is 15.9 Å². The minimum absolute atomic E-state index is 0.180. The molecule has 2 aromatic carbocycles. The van der Waals surface area contributed by atoms with E-state index in [1.807, 2.05) is 30.3 Å². The van der Waals surface area contributed by atoms with Crippen LogP contribution >= 0.6 is 0 Å². The van der Waals surface area contributed by atoms with E-state index in [2.05, 4.69) is 5.32 Å². The summed E-state index contributed by atoms with van der Waals surface area (Å²) in [5.74, 6) is 0.0511. The molecular weight excluding hydrogens is 336 g/mol. The molecule has 6 heteroatoms. The van der Waals surface area contributed by atoms with Crippen LogP contribution in [0.3, 0.4) is 0 Å². The molecule has 1 aliphatic rings. The lowest BCUT2D eigenvalue weighted by atomic mass is 9.99. The lowest BCUT2D eigenvalue weighted by Gasteiger charge is -2.19. The molecule has 1 unspecified atom stereocenters. The van der Waals surface area contributed by atoms with Gasteiger partial charge in [0.1, 0.15) is 0 Å². The van der Waals surface area contributed by atoms with Gasteiger partial charge < -0.3 is 5.32 Å². The van der Waals surface area contributed by atoms with Crippen molar-refractivity contribution < 1.29 is 13.2 Å². The van der Waals surface area contributed by atoms with E-state index in [0.717, 1.165) is 6.42 Å². The van der Waals surface area contributed by atoms with E-state index in [4.69, 9.17) is 0 Å². The molecular formula is C19H22N2O3S. The number of aryl methyl sites for hydroxylation is 1. The summed E-state index contributed by atoms with van der Waals surface area (Å²) in [7, 11) is -3.53. The predicted molar refractivity (Wildman–Crippen MR) is 98.0 cm³/mol. The molecule has 0 aromatic heterocycles. The molecule has 1 aliphatic heterocycles. The molecule has 1 amide bonds. The zero-order chi connectivity index (χ0) is 18.0. The normalized spacial score (nSPS) is 18.2. The fourth-order valence-corrected chi connectivity index (χ4v) is 5.01. The molecule has 1 heterocycles. The van der Waals surface area contributed by atoms with Gasteiger partial charge in [-0.3, -0.25) is 4.79 Å². The number of benzene rings is 2. The first-order chi connectivity index (χ1) is 11.9. The third-order valence-corrected chi connectivity index (χ3v) is 6.56. The van der Waals surface area contributed by atoms with Crippen LogP contribution in [0.4, 0.5) is 5.69 Å². The van der Waals surface area contributed by atoms with Crippen molar-refractivity contribution in [1.29, 1.82) is 0 Å². The number of sulfonamides is 1. The van der Waals surface area contributed by atoms with Gasteiger partial charge in [-0.2, -0.15) is 4.31 Å². The van der Waals surface area contributed by atoms with Gasteiger partial charge in [0, 0.05) is 25.7 Å². The van der Waals surface area contributed by atoms with Crippen LogP contribution in [0.1, 0.15) is 30.4 Å². The van der Waals surface area contributed by atoms with Crippen LogP contribution in [-0.2, 0) is 14.8 Å². The van der Waals surface area contributed by atoms with Gasteiger partial charge in [0.05, 0.1) is 4.90 Å². The Balaban J connectivity index is 1.81. The zero-order valence-corrected chi connectivity index (χ0v) is 15.2. The lowest BCUT2D eigenvalue weighted by Crippen LogP contribution is -2.29. The Hall–Kier alpha value is -2.18. The minimum Gasteiger partial charge on any atom is -0.326 e. The van der Waals surface area contributed by atoms with Crippen molar-refractivity contribution >= 4 is 21.6 Å². The van der Waals surface area contributed by atoms with E-state index in [1.165, 1.54) is 12.5 Å². The molecule has 0 radical (unpaired) electrons. The largest absolute Gasteiger partial charge is 0.326 e. The van der Waals surface area contributed by atoms with Crippen LogP contribution in [0.25, 0.3) is 0 Å². The van der Waals surface area contributed by atoms with E-state index in [0.29, 0.717) is 29.2 Å². The summed E-state index contributed by atoms with van der Waals surface area (Å²) in [5, 5.41) is 2.68. The summed E-state index contributed by atoms with van der Waals surface area (Å²) < 4.78 is 27.6. The molecule has 0 spiro atoms. The van der Waals surface area contributed by atoms with Gasteiger partial charge >= 0.3 is 0 Å². The summed E-state index contributed by atoms with van der Waals surface area (Å²) in [6, 6.07) is 14.9. The average molecular weight is 358 g/mol. The number of amides is 1. The zero-order valence-electron chi connectivity index (χ0n) is 14.4. The van der Waals surface area contributed by atoms with Gasteiger partial charge in [-0.05, 0) is 48.6 Å². The Morgan fingerprint density at radius 3 is 2.52 bits per heavy atom. The number of nitrogens with zero attached hydrogens (tertiary/aromatic N) is 1. The molecule has 0 aliphatic carbocycles. The second kappa shape index (κ2) is 6.98. The van der Waals surface area contributed by atoms with Gasteiger partial charge in [0.15, 0.2) is 0 Å². The van der Waals surface area contributed by atoms with Crippen LogP contribution in [-0.4, -0.2) is 31.7 Å². The summed E-state index contributed by atoms with van der Waals surface area (Å²) in [4.78, 5) is 11.4. The van der Waals surface area contributed by atoms with E-state index >= 15 is 0 Å². The summed E-state index contributed by atoms with van der Waals surface area (Å²) >= 11 is 0. The maximum Gasteiger partial charge on any atom is 0.243 e. The van der Waals surface area contributed by atoms with Gasteiger partial charge in [-0.25, -0.2) is 8.42 Å². The number of rotatable bonds is 4. The molecule has 1 saturated heterocycles. The van der Waals surface area contributed by atoms with E-state index < -0.39 is 10.0 Å². The Kier molecular flexibility index (Phi) is 4.92. The van der Waals surface area contributed by atoms with Crippen molar-refractivity contribution in [3.63, 3.8) is 0 Å². The fourth-order valence-electron chi connectivity index (χ4n) is 3.30. The molecule has 25 heavy (non-hydrogen) atoms. The molecule has 5 nitrogen and oxygen atoms in total. The van der Waals surface area contributed by atoms with Crippen molar-refractivity contribution in [2.45, 2.75) is 31.1 Å². The van der Waals surface area contributed by atoms with Crippen molar-refractivity contribution in [3.8, 4) is 0 Å². The highest BCUT2D eigenvalue weighted by atomic mass is 32.2. The number of nitrogens with one attached hydrogen (secondary N) is 1. The van der Waals surface area contributed by atoms with Crippen LogP contribution in [0.15, 0.2) is 53.4 Å². The monoisotopic (exact) mass is 358 g/mol. The third kappa shape index (κ3) is 3.75. The first kappa shape index (κ1) is 17.6. The second-order valence-electron chi connectivity index (χ2n) is 6.42. The highest BCUT2D eigenvalue weighted by molar-refractivity contribution is 7.89. The Labute approximate surface area is 148 Å². The Bertz CT molecular complexity index is 879. The minimum atomic E-state index is -3.53. The number of anilines is 1. The highest BCUT2D eigenvalue weighted by Crippen LogP contribution is 2.32. The highest BCUT2D eigenvalue weighted by Gasteiger charge is 2.33. The van der Waals surface area contributed by atoms with Gasteiger partial charge in [-0.1, -0.05) is 30.3 Å². The summed E-state index contributed by atoms with van der Waals surface area (Å²) in [5.41, 5.74) is 2.42. The van der Waals surface area contributed by atoms with Crippen LogP contribution in [0.5, 0.6) is 0 Å². The first-order valence-corrected chi connectivity index (χ1v) is 9.75. The van der Waals surface area contributed by atoms with Crippen molar-refractivity contribution in [2.75, 3.05) is 18.4 Å².